The van der Waals surface area contributed by atoms with E-state index in [1.807, 2.05) is 62.6 Å². The highest BCUT2D eigenvalue weighted by molar-refractivity contribution is 8.13. The summed E-state index contributed by atoms with van der Waals surface area (Å²) in [7, 11) is 4.05. The molecule has 3 rings (SSSR count). The number of para-hydroxylation sites is 1. The van der Waals surface area contributed by atoms with Crippen LogP contribution in [0.25, 0.3) is 6.08 Å². The molecule has 1 heterocycles. The maximum Gasteiger partial charge on any atom is 0.295 e. The van der Waals surface area contributed by atoms with E-state index >= 15 is 0 Å². The third kappa shape index (κ3) is 3.86. The van der Waals surface area contributed by atoms with E-state index in [4.69, 9.17) is 0 Å². The van der Waals surface area contributed by atoms with Crippen LogP contribution < -0.4 is 10.2 Å². The minimum absolute atomic E-state index is 0.220. The van der Waals surface area contributed by atoms with E-state index < -0.39 is 0 Å². The van der Waals surface area contributed by atoms with Gasteiger partial charge in [-0.05, 0) is 23.3 Å². The summed E-state index contributed by atoms with van der Waals surface area (Å²) in [6.07, 6.45) is 1.83. The average Bonchev–Trinajstić information content (AvgIpc) is 2.94. The first-order valence-electron chi connectivity index (χ1n) is 7.68. The van der Waals surface area contributed by atoms with Crippen molar-refractivity contribution in [2.75, 3.05) is 19.0 Å². The maximum atomic E-state index is 12.0. The highest BCUT2D eigenvalue weighted by atomic mass is 32.2. The lowest BCUT2D eigenvalue weighted by molar-refractivity contribution is -0.114. The fourth-order valence-corrected chi connectivity index (χ4v) is 3.31. The van der Waals surface area contributed by atoms with Gasteiger partial charge in [0.25, 0.3) is 5.91 Å². The van der Waals surface area contributed by atoms with Crippen molar-refractivity contribution in [2.24, 2.45) is 4.99 Å². The number of nitrogens with zero attached hydrogens (tertiary/aromatic N) is 2. The first kappa shape index (κ1) is 16.3. The normalized spacial score (nSPS) is 15.3. The molecule has 2 aromatic rings. The second kappa shape index (κ2) is 7.36. The molecule has 0 saturated carbocycles. The molecule has 1 aliphatic heterocycles. The number of hydrogen-bond donors (Lipinski definition) is 1. The monoisotopic (exact) mass is 337 g/mol. The van der Waals surface area contributed by atoms with Gasteiger partial charge in [-0.3, -0.25) is 4.79 Å². The zero-order valence-electron chi connectivity index (χ0n) is 13.7. The number of rotatable bonds is 4. The Hall–Kier alpha value is -2.53. The Morgan fingerprint density at radius 3 is 2.54 bits per heavy atom. The van der Waals surface area contributed by atoms with E-state index in [2.05, 4.69) is 27.3 Å². The highest BCUT2D eigenvalue weighted by Gasteiger charge is 2.20. The number of thioether (sulfide) groups is 1. The predicted molar refractivity (Wildman–Crippen MR) is 102 cm³/mol. The molecule has 1 N–H and O–H groups in total. The van der Waals surface area contributed by atoms with Gasteiger partial charge in [-0.2, -0.15) is 4.99 Å². The van der Waals surface area contributed by atoms with E-state index in [-0.39, 0.29) is 5.91 Å². The topological polar surface area (TPSA) is 44.7 Å². The Labute approximate surface area is 146 Å². The van der Waals surface area contributed by atoms with Crippen molar-refractivity contribution in [3.8, 4) is 0 Å². The minimum atomic E-state index is -0.220. The van der Waals surface area contributed by atoms with Crippen LogP contribution in [0.5, 0.6) is 0 Å². The summed E-state index contributed by atoms with van der Waals surface area (Å²) in [4.78, 5) is 18.2. The number of amides is 1. The van der Waals surface area contributed by atoms with Gasteiger partial charge in [-0.25, -0.2) is 0 Å². The number of carbonyl (C=O) groups is 1. The standard InChI is InChI=1S/C19H19N3OS/c1-22(2)17-11-7-6-10-15(17)13-24-19-20-16(18(23)21-19)12-14-8-4-3-5-9-14/h3-12H,13H2,1-2H3,(H,20,21,23)/b16-12-. The molecule has 122 valence electrons. The summed E-state index contributed by atoms with van der Waals surface area (Å²) < 4.78 is 0. The Morgan fingerprint density at radius 1 is 1.08 bits per heavy atom. The molecule has 4 nitrogen and oxygen atoms in total. The van der Waals surface area contributed by atoms with Gasteiger partial charge in [0.15, 0.2) is 5.17 Å². The van der Waals surface area contributed by atoms with Gasteiger partial charge in [0.2, 0.25) is 0 Å². The summed E-state index contributed by atoms with van der Waals surface area (Å²) in [5.41, 5.74) is 3.89. The zero-order chi connectivity index (χ0) is 16.9. The number of amidine groups is 1. The highest BCUT2D eigenvalue weighted by Crippen LogP contribution is 2.25. The Bertz CT molecular complexity index is 797. The molecule has 5 heteroatoms. The van der Waals surface area contributed by atoms with E-state index in [1.54, 1.807) is 0 Å². The summed E-state index contributed by atoms with van der Waals surface area (Å²) in [6, 6.07) is 18.0. The van der Waals surface area contributed by atoms with E-state index in [9.17, 15) is 4.79 Å². The minimum Gasteiger partial charge on any atom is -0.377 e. The molecule has 1 aliphatic rings. The van der Waals surface area contributed by atoms with Crippen LogP contribution in [0.2, 0.25) is 0 Å². The SMILES string of the molecule is CN(C)c1ccccc1CSC1=NC(=O)/C(=C/c2ccccc2)N1. The maximum absolute atomic E-state index is 12.0. The van der Waals surface area contributed by atoms with E-state index in [0.29, 0.717) is 10.9 Å². The molecule has 0 fully saturated rings. The molecule has 2 aromatic carbocycles. The first-order valence-corrected chi connectivity index (χ1v) is 8.67. The molecule has 0 saturated heterocycles. The van der Waals surface area contributed by atoms with Gasteiger partial charge in [0.05, 0.1) is 0 Å². The van der Waals surface area contributed by atoms with Crippen molar-refractivity contribution in [2.45, 2.75) is 5.75 Å². The molecule has 1 amide bonds. The summed E-state index contributed by atoms with van der Waals surface area (Å²) in [6.45, 7) is 0. The molecular weight excluding hydrogens is 318 g/mol. The molecule has 24 heavy (non-hydrogen) atoms. The van der Waals surface area contributed by atoms with Crippen LogP contribution >= 0.6 is 11.8 Å². The molecule has 0 aliphatic carbocycles. The first-order chi connectivity index (χ1) is 11.6. The molecule has 0 aromatic heterocycles. The van der Waals surface area contributed by atoms with Crippen LogP contribution in [-0.4, -0.2) is 25.2 Å². The van der Waals surface area contributed by atoms with Crippen molar-refractivity contribution < 1.29 is 4.79 Å². The fourth-order valence-electron chi connectivity index (χ4n) is 2.45. The average molecular weight is 337 g/mol. The lowest BCUT2D eigenvalue weighted by Gasteiger charge is -2.16. The van der Waals surface area contributed by atoms with Crippen LogP contribution in [-0.2, 0) is 10.5 Å². The van der Waals surface area contributed by atoms with Crippen LogP contribution in [0.4, 0.5) is 5.69 Å². The van der Waals surface area contributed by atoms with Crippen molar-refractivity contribution in [1.29, 1.82) is 0 Å². The molecule has 0 spiro atoms. The summed E-state index contributed by atoms with van der Waals surface area (Å²) in [5.74, 6) is 0.536. The Kier molecular flexibility index (Phi) is 5.01. The quantitative estimate of drug-likeness (QED) is 0.867. The molecule has 0 bridgehead atoms. The second-order valence-electron chi connectivity index (χ2n) is 5.63. The number of hydrogen-bond acceptors (Lipinski definition) is 4. The van der Waals surface area contributed by atoms with Gasteiger partial charge < -0.3 is 10.2 Å². The largest absolute Gasteiger partial charge is 0.377 e. The lowest BCUT2D eigenvalue weighted by atomic mass is 10.2. The van der Waals surface area contributed by atoms with Gasteiger partial charge in [0, 0.05) is 25.5 Å². The molecule has 0 radical (unpaired) electrons. The smallest absolute Gasteiger partial charge is 0.295 e. The Morgan fingerprint density at radius 2 is 1.79 bits per heavy atom. The van der Waals surface area contributed by atoms with Crippen LogP contribution in [0.15, 0.2) is 65.3 Å². The van der Waals surface area contributed by atoms with E-state index in [0.717, 1.165) is 11.3 Å². The van der Waals surface area contributed by atoms with Crippen LogP contribution in [0.1, 0.15) is 11.1 Å². The van der Waals surface area contributed by atoms with Crippen LogP contribution in [0, 0.1) is 0 Å². The number of anilines is 1. The summed E-state index contributed by atoms with van der Waals surface area (Å²) >= 11 is 1.54. The fraction of sp³-hybridized carbons (Fsp3) is 0.158. The number of carbonyl (C=O) groups excluding carboxylic acids is 1. The molecule has 0 atom stereocenters. The molecular formula is C19H19N3OS. The van der Waals surface area contributed by atoms with Crippen molar-refractivity contribution in [1.82, 2.24) is 5.32 Å². The Balaban J connectivity index is 1.67. The summed E-state index contributed by atoms with van der Waals surface area (Å²) in [5, 5.41) is 3.77. The van der Waals surface area contributed by atoms with Crippen LogP contribution in [0.3, 0.4) is 0 Å². The van der Waals surface area contributed by atoms with Gasteiger partial charge >= 0.3 is 0 Å². The second-order valence-corrected chi connectivity index (χ2v) is 6.59. The number of aliphatic imine (C=N–C) groups is 1. The van der Waals surface area contributed by atoms with Crippen molar-refractivity contribution in [3.63, 3.8) is 0 Å². The van der Waals surface area contributed by atoms with Crippen molar-refractivity contribution >= 4 is 34.6 Å². The lowest BCUT2D eigenvalue weighted by Crippen LogP contribution is -2.15. The van der Waals surface area contributed by atoms with Gasteiger partial charge in [-0.15, -0.1) is 0 Å². The third-order valence-electron chi connectivity index (χ3n) is 3.62. The van der Waals surface area contributed by atoms with Crippen molar-refractivity contribution in [3.05, 3.63) is 71.4 Å². The number of nitrogens with one attached hydrogen (secondary N) is 1. The number of benzene rings is 2. The predicted octanol–water partition coefficient (Wildman–Crippen LogP) is 3.51. The third-order valence-corrected chi connectivity index (χ3v) is 4.55. The van der Waals surface area contributed by atoms with Gasteiger partial charge in [-0.1, -0.05) is 60.3 Å². The molecule has 0 unspecified atom stereocenters. The van der Waals surface area contributed by atoms with Gasteiger partial charge in [0.1, 0.15) is 5.70 Å². The van der Waals surface area contributed by atoms with E-state index in [1.165, 1.54) is 23.0 Å². The zero-order valence-corrected chi connectivity index (χ0v) is 14.5.